The molecule has 4 rings (SSSR count). The number of rotatable bonds is 5. The fraction of sp³-hybridized carbons (Fsp3) is 0.333. The highest BCUT2D eigenvalue weighted by atomic mass is 19.2. The van der Waals surface area contributed by atoms with E-state index in [2.05, 4.69) is 20.3 Å². The predicted molar refractivity (Wildman–Crippen MR) is 107 cm³/mol. The molecule has 156 valence electrons. The van der Waals surface area contributed by atoms with E-state index in [4.69, 9.17) is 4.74 Å². The largest absolute Gasteiger partial charge is 0.480 e. The highest BCUT2D eigenvalue weighted by molar-refractivity contribution is 5.96. The van der Waals surface area contributed by atoms with Crippen LogP contribution in [0.5, 0.6) is 5.88 Å². The second kappa shape index (κ2) is 8.56. The lowest BCUT2D eigenvalue weighted by Gasteiger charge is -2.36. The van der Waals surface area contributed by atoms with Crippen LogP contribution in [0.3, 0.4) is 0 Å². The van der Waals surface area contributed by atoms with Crippen LogP contribution >= 0.6 is 0 Å². The summed E-state index contributed by atoms with van der Waals surface area (Å²) >= 11 is 0. The van der Waals surface area contributed by atoms with E-state index in [1.807, 2.05) is 4.90 Å². The number of anilines is 1. The number of methoxy groups -OCH3 is 1. The van der Waals surface area contributed by atoms with Gasteiger partial charge in [0.2, 0.25) is 5.88 Å². The second-order valence-corrected chi connectivity index (χ2v) is 7.10. The first-order valence-electron chi connectivity index (χ1n) is 9.72. The zero-order chi connectivity index (χ0) is 21.1. The standard InChI is InChI=1S/C21H21F2N5O2/c1-30-20-14(6-4-7-24-20)21(29)28-8-3-2-5-13(28)11-26-19-12-25-17-9-15(22)16(23)10-18(17)27-19/h4,6-7,9-10,12-13H,2-3,5,8,11H2,1H3,(H,26,27). The van der Waals surface area contributed by atoms with Crippen LogP contribution in [0, 0.1) is 11.6 Å². The Balaban J connectivity index is 1.50. The monoisotopic (exact) mass is 413 g/mol. The number of carbonyl (C=O) groups excluding carboxylic acids is 1. The van der Waals surface area contributed by atoms with Gasteiger partial charge >= 0.3 is 0 Å². The number of pyridine rings is 1. The van der Waals surface area contributed by atoms with Crippen molar-refractivity contribution < 1.29 is 18.3 Å². The fourth-order valence-corrected chi connectivity index (χ4v) is 3.67. The summed E-state index contributed by atoms with van der Waals surface area (Å²) in [5.41, 5.74) is 0.961. The molecule has 0 bridgehead atoms. The zero-order valence-corrected chi connectivity index (χ0v) is 16.4. The van der Waals surface area contributed by atoms with E-state index >= 15 is 0 Å². The number of carbonyl (C=O) groups is 1. The average molecular weight is 413 g/mol. The number of fused-ring (bicyclic) bond motifs is 1. The lowest BCUT2D eigenvalue weighted by atomic mass is 10.0. The maximum Gasteiger partial charge on any atom is 0.259 e. The highest BCUT2D eigenvalue weighted by Gasteiger charge is 2.29. The van der Waals surface area contributed by atoms with Gasteiger partial charge in [-0.1, -0.05) is 0 Å². The molecule has 1 saturated heterocycles. The molecule has 3 aromatic rings. The molecule has 0 spiro atoms. The van der Waals surface area contributed by atoms with Crippen molar-refractivity contribution in [3.63, 3.8) is 0 Å². The minimum atomic E-state index is -0.969. The van der Waals surface area contributed by atoms with Gasteiger partial charge in [-0.05, 0) is 31.4 Å². The first-order chi connectivity index (χ1) is 14.6. The molecule has 1 N–H and O–H groups in total. The molecule has 1 amide bonds. The number of piperidine rings is 1. The van der Waals surface area contributed by atoms with Crippen LogP contribution in [0.1, 0.15) is 29.6 Å². The van der Waals surface area contributed by atoms with Gasteiger partial charge in [0.1, 0.15) is 11.4 Å². The van der Waals surface area contributed by atoms with E-state index in [1.54, 1.807) is 18.3 Å². The van der Waals surface area contributed by atoms with E-state index in [0.717, 1.165) is 31.4 Å². The Hall–Kier alpha value is -3.36. The molecule has 9 heteroatoms. The molecular weight excluding hydrogens is 392 g/mol. The SMILES string of the molecule is COc1ncccc1C(=O)N1CCCCC1CNc1cnc2cc(F)c(F)cc2n1. The molecule has 1 aromatic carbocycles. The molecule has 0 saturated carbocycles. The van der Waals surface area contributed by atoms with E-state index in [0.29, 0.717) is 30.4 Å². The molecule has 30 heavy (non-hydrogen) atoms. The molecule has 1 atom stereocenters. The molecule has 2 aromatic heterocycles. The quantitative estimate of drug-likeness (QED) is 0.691. The number of nitrogens with one attached hydrogen (secondary N) is 1. The minimum Gasteiger partial charge on any atom is -0.480 e. The van der Waals surface area contributed by atoms with Crippen LogP contribution in [0.25, 0.3) is 11.0 Å². The van der Waals surface area contributed by atoms with E-state index in [1.165, 1.54) is 13.3 Å². The van der Waals surface area contributed by atoms with Crippen molar-refractivity contribution in [3.8, 4) is 5.88 Å². The van der Waals surface area contributed by atoms with Crippen molar-refractivity contribution in [1.82, 2.24) is 19.9 Å². The summed E-state index contributed by atoms with van der Waals surface area (Å²) in [4.78, 5) is 27.5. The summed E-state index contributed by atoms with van der Waals surface area (Å²) < 4.78 is 32.1. The fourth-order valence-electron chi connectivity index (χ4n) is 3.67. The maximum atomic E-state index is 13.5. The van der Waals surface area contributed by atoms with Gasteiger partial charge in [0.25, 0.3) is 5.91 Å². The summed E-state index contributed by atoms with van der Waals surface area (Å²) in [6.45, 7) is 1.09. The number of aromatic nitrogens is 3. The van der Waals surface area contributed by atoms with Crippen LogP contribution in [-0.2, 0) is 0 Å². The van der Waals surface area contributed by atoms with Crippen LogP contribution in [-0.4, -0.2) is 52.0 Å². The molecular formula is C21H21F2N5O2. The number of benzene rings is 1. The summed E-state index contributed by atoms with van der Waals surface area (Å²) in [5.74, 6) is -1.32. The van der Waals surface area contributed by atoms with E-state index in [9.17, 15) is 13.6 Å². The molecule has 1 aliphatic rings. The molecule has 3 heterocycles. The number of hydrogen-bond acceptors (Lipinski definition) is 6. The second-order valence-electron chi connectivity index (χ2n) is 7.10. The van der Waals surface area contributed by atoms with Crippen molar-refractivity contribution in [1.29, 1.82) is 0 Å². The van der Waals surface area contributed by atoms with Gasteiger partial charge in [-0.15, -0.1) is 0 Å². The molecule has 0 radical (unpaired) electrons. The lowest BCUT2D eigenvalue weighted by Crippen LogP contribution is -2.47. The molecule has 1 unspecified atom stereocenters. The third kappa shape index (κ3) is 4.00. The first-order valence-corrected chi connectivity index (χ1v) is 9.72. The van der Waals surface area contributed by atoms with E-state index < -0.39 is 11.6 Å². The van der Waals surface area contributed by atoms with Crippen LogP contribution in [0.2, 0.25) is 0 Å². The molecule has 1 aliphatic heterocycles. The van der Waals surface area contributed by atoms with Gasteiger partial charge in [-0.25, -0.2) is 18.7 Å². The Labute approximate surface area is 172 Å². The van der Waals surface area contributed by atoms with Crippen LogP contribution in [0.15, 0.2) is 36.7 Å². The van der Waals surface area contributed by atoms with Gasteiger partial charge in [-0.2, -0.15) is 0 Å². The third-order valence-electron chi connectivity index (χ3n) is 5.19. The first kappa shape index (κ1) is 19.9. The van der Waals surface area contributed by atoms with E-state index in [-0.39, 0.29) is 23.0 Å². The summed E-state index contributed by atoms with van der Waals surface area (Å²) in [6, 6.07) is 5.40. The van der Waals surface area contributed by atoms with Crippen molar-refractivity contribution in [2.24, 2.45) is 0 Å². The number of ether oxygens (including phenoxy) is 1. The van der Waals surface area contributed by atoms with Crippen LogP contribution < -0.4 is 10.1 Å². The Morgan fingerprint density at radius 2 is 2.03 bits per heavy atom. The molecule has 1 fully saturated rings. The predicted octanol–water partition coefficient (Wildman–Crippen LogP) is 3.42. The van der Waals surface area contributed by atoms with Gasteiger partial charge in [-0.3, -0.25) is 9.78 Å². The van der Waals surface area contributed by atoms with Gasteiger partial charge in [0.15, 0.2) is 11.6 Å². The molecule has 7 nitrogen and oxygen atoms in total. The van der Waals surface area contributed by atoms with Crippen molar-refractivity contribution in [2.75, 3.05) is 25.5 Å². The number of halogens is 2. The van der Waals surface area contributed by atoms with Gasteiger partial charge in [0.05, 0.1) is 24.3 Å². The minimum absolute atomic E-state index is 0.0568. The zero-order valence-electron chi connectivity index (χ0n) is 16.4. The van der Waals surface area contributed by atoms with Crippen molar-refractivity contribution in [3.05, 3.63) is 53.9 Å². The lowest BCUT2D eigenvalue weighted by molar-refractivity contribution is 0.0624. The number of nitrogens with zero attached hydrogens (tertiary/aromatic N) is 4. The highest BCUT2D eigenvalue weighted by Crippen LogP contribution is 2.24. The average Bonchev–Trinajstić information content (AvgIpc) is 2.78. The summed E-state index contributed by atoms with van der Waals surface area (Å²) in [7, 11) is 1.49. The Bertz CT molecular complexity index is 1080. The summed E-state index contributed by atoms with van der Waals surface area (Å²) in [6.07, 6.45) is 5.82. The third-order valence-corrected chi connectivity index (χ3v) is 5.19. The number of amides is 1. The Kier molecular flexibility index (Phi) is 5.69. The molecule has 0 aliphatic carbocycles. The Morgan fingerprint density at radius 1 is 1.23 bits per heavy atom. The maximum absolute atomic E-state index is 13.5. The normalized spacial score (nSPS) is 16.5. The number of likely N-dealkylation sites (tertiary alicyclic amines) is 1. The smallest absolute Gasteiger partial charge is 0.259 e. The van der Waals surface area contributed by atoms with Crippen molar-refractivity contribution >= 4 is 22.8 Å². The number of hydrogen-bond donors (Lipinski definition) is 1. The summed E-state index contributed by atoms with van der Waals surface area (Å²) in [5, 5.41) is 3.17. The van der Waals surface area contributed by atoms with Crippen LogP contribution in [0.4, 0.5) is 14.6 Å². The van der Waals surface area contributed by atoms with Gasteiger partial charge < -0.3 is 15.0 Å². The van der Waals surface area contributed by atoms with Gasteiger partial charge in [0, 0.05) is 37.5 Å². The topological polar surface area (TPSA) is 80.2 Å². The van der Waals surface area contributed by atoms with Crippen molar-refractivity contribution in [2.45, 2.75) is 25.3 Å². The Morgan fingerprint density at radius 3 is 2.83 bits per heavy atom.